The minimum Gasteiger partial charge on any atom is -0.497 e. The van der Waals surface area contributed by atoms with Crippen molar-refractivity contribution >= 4 is 40.7 Å². The summed E-state index contributed by atoms with van der Waals surface area (Å²) in [5.74, 6) is 1.83. The van der Waals surface area contributed by atoms with Crippen molar-refractivity contribution < 1.29 is 9.53 Å². The molecule has 0 aliphatic carbocycles. The number of hydrazone groups is 1. The molecule has 2 aliphatic heterocycles. The lowest BCUT2D eigenvalue weighted by Gasteiger charge is -2.33. The number of hydrogen-bond acceptors (Lipinski definition) is 4. The summed E-state index contributed by atoms with van der Waals surface area (Å²) in [6.45, 7) is 0. The number of thioether (sulfide) groups is 1. The molecule has 2 heterocycles. The summed E-state index contributed by atoms with van der Waals surface area (Å²) in [5.41, 5.74) is 2.75. The normalized spacial score (nSPS) is 19.4. The van der Waals surface area contributed by atoms with E-state index < -0.39 is 0 Å². The maximum absolute atomic E-state index is 12.5. The average molecular weight is 359 g/mol. The molecule has 0 spiro atoms. The van der Waals surface area contributed by atoms with Gasteiger partial charge in [0.25, 0.3) is 0 Å². The molecule has 1 unspecified atom stereocenters. The van der Waals surface area contributed by atoms with Gasteiger partial charge in [0, 0.05) is 33.6 Å². The summed E-state index contributed by atoms with van der Waals surface area (Å²) < 4.78 is 5.35. The monoisotopic (exact) mass is 358 g/mol. The lowest BCUT2D eigenvalue weighted by atomic mass is 9.92. The molecule has 1 amide bonds. The van der Waals surface area contributed by atoms with Crippen molar-refractivity contribution in [1.82, 2.24) is 0 Å². The molecule has 0 saturated carbocycles. The second kappa shape index (κ2) is 6.15. The van der Waals surface area contributed by atoms with E-state index in [0.717, 1.165) is 28.5 Å². The molecule has 4 nitrogen and oxygen atoms in total. The van der Waals surface area contributed by atoms with Crippen molar-refractivity contribution in [3.8, 4) is 5.75 Å². The number of benzene rings is 2. The Morgan fingerprint density at radius 2 is 2.04 bits per heavy atom. The fourth-order valence-electron chi connectivity index (χ4n) is 2.99. The van der Waals surface area contributed by atoms with Crippen LogP contribution in [0.4, 0.5) is 5.69 Å². The number of anilines is 1. The lowest BCUT2D eigenvalue weighted by molar-refractivity contribution is -0.119. The van der Waals surface area contributed by atoms with Gasteiger partial charge in [-0.1, -0.05) is 11.6 Å². The molecule has 2 aromatic rings. The minimum atomic E-state index is 0.0121. The second-order valence-corrected chi connectivity index (χ2v) is 7.24. The highest BCUT2D eigenvalue weighted by atomic mass is 35.5. The number of hydrogen-bond donors (Lipinski definition) is 0. The van der Waals surface area contributed by atoms with Crippen molar-refractivity contribution in [2.24, 2.45) is 11.0 Å². The van der Waals surface area contributed by atoms with Gasteiger partial charge < -0.3 is 4.74 Å². The first kappa shape index (κ1) is 15.5. The van der Waals surface area contributed by atoms with Crippen molar-refractivity contribution in [3.63, 3.8) is 0 Å². The van der Waals surface area contributed by atoms with Gasteiger partial charge in [-0.05, 0) is 42.5 Å². The molecule has 122 valence electrons. The highest BCUT2D eigenvalue weighted by Gasteiger charge is 2.35. The van der Waals surface area contributed by atoms with Crippen LogP contribution in [-0.4, -0.2) is 24.5 Å². The van der Waals surface area contributed by atoms with E-state index in [0.29, 0.717) is 11.4 Å². The second-order valence-electron chi connectivity index (χ2n) is 5.74. The van der Waals surface area contributed by atoms with E-state index in [-0.39, 0.29) is 11.8 Å². The summed E-state index contributed by atoms with van der Waals surface area (Å²) in [7, 11) is 1.65. The molecule has 24 heavy (non-hydrogen) atoms. The fraction of sp³-hybridized carbons (Fsp3) is 0.222. The average Bonchev–Trinajstić information content (AvgIpc) is 2.61. The summed E-state index contributed by atoms with van der Waals surface area (Å²) in [6.07, 6.45) is 0.463. The molecular weight excluding hydrogens is 344 g/mol. The number of methoxy groups -OCH3 is 1. The fourth-order valence-corrected chi connectivity index (χ4v) is 4.25. The molecule has 0 saturated heterocycles. The summed E-state index contributed by atoms with van der Waals surface area (Å²) in [6, 6.07) is 13.2. The number of nitrogens with zero attached hydrogens (tertiary/aromatic N) is 2. The Morgan fingerprint density at radius 1 is 1.25 bits per heavy atom. The van der Waals surface area contributed by atoms with Crippen molar-refractivity contribution in [2.45, 2.75) is 11.3 Å². The molecule has 0 aromatic heterocycles. The maximum Gasteiger partial charge on any atom is 0.248 e. The van der Waals surface area contributed by atoms with Crippen molar-refractivity contribution in [1.29, 1.82) is 0 Å². The molecule has 0 fully saturated rings. The largest absolute Gasteiger partial charge is 0.497 e. The van der Waals surface area contributed by atoms with Gasteiger partial charge in [0.05, 0.1) is 18.5 Å². The maximum atomic E-state index is 12.5. The van der Waals surface area contributed by atoms with Crippen LogP contribution in [-0.2, 0) is 4.79 Å². The Labute approximate surface area is 149 Å². The van der Waals surface area contributed by atoms with Crippen LogP contribution in [0.25, 0.3) is 0 Å². The predicted molar refractivity (Wildman–Crippen MR) is 97.3 cm³/mol. The molecule has 2 aliphatic rings. The number of halogens is 1. The van der Waals surface area contributed by atoms with Gasteiger partial charge in [-0.25, -0.2) is 5.01 Å². The molecule has 4 rings (SSSR count). The molecule has 0 radical (unpaired) electrons. The highest BCUT2D eigenvalue weighted by molar-refractivity contribution is 7.99. The third-order valence-electron chi connectivity index (χ3n) is 4.23. The zero-order valence-electron chi connectivity index (χ0n) is 13.0. The molecule has 6 heteroatoms. The van der Waals surface area contributed by atoms with E-state index in [9.17, 15) is 4.79 Å². The van der Waals surface area contributed by atoms with E-state index in [1.165, 1.54) is 9.90 Å². The number of carbonyl (C=O) groups excluding carboxylic acids is 1. The highest BCUT2D eigenvalue weighted by Crippen LogP contribution is 2.39. The third-order valence-corrected chi connectivity index (χ3v) is 5.71. The van der Waals surface area contributed by atoms with E-state index >= 15 is 0 Å². The molecular formula is C18H15ClN2O2S. The standard InChI is InChI=1S/C18H15ClN2O2S/c1-23-14-6-7-16-15(9-14)18-11(10-24-16)8-17(22)21(20-18)13-4-2-12(19)3-5-13/h2-7,9,11H,8,10H2,1H3. The summed E-state index contributed by atoms with van der Waals surface area (Å²) in [5, 5.41) is 6.81. The number of ether oxygens (including phenoxy) is 1. The topological polar surface area (TPSA) is 41.9 Å². The van der Waals surface area contributed by atoms with E-state index in [2.05, 4.69) is 11.2 Å². The minimum absolute atomic E-state index is 0.0121. The van der Waals surface area contributed by atoms with Gasteiger partial charge >= 0.3 is 0 Å². The zero-order valence-corrected chi connectivity index (χ0v) is 14.6. The first-order valence-electron chi connectivity index (χ1n) is 7.64. The third kappa shape index (κ3) is 2.68. The van der Waals surface area contributed by atoms with Gasteiger partial charge in [0.2, 0.25) is 5.91 Å². The zero-order chi connectivity index (χ0) is 16.7. The van der Waals surface area contributed by atoms with Crippen LogP contribution < -0.4 is 9.75 Å². The van der Waals surface area contributed by atoms with Gasteiger partial charge in [-0.3, -0.25) is 4.79 Å². The Bertz CT molecular complexity index is 835. The lowest BCUT2D eigenvalue weighted by Crippen LogP contribution is -2.39. The van der Waals surface area contributed by atoms with Crippen LogP contribution in [0.15, 0.2) is 52.5 Å². The predicted octanol–water partition coefficient (Wildman–Crippen LogP) is 4.21. The number of rotatable bonds is 2. The van der Waals surface area contributed by atoms with Gasteiger partial charge in [-0.2, -0.15) is 5.10 Å². The first-order chi connectivity index (χ1) is 11.7. The Balaban J connectivity index is 1.80. The van der Waals surface area contributed by atoms with Crippen LogP contribution in [0.2, 0.25) is 5.02 Å². The van der Waals surface area contributed by atoms with Gasteiger partial charge in [-0.15, -0.1) is 11.8 Å². The SMILES string of the molecule is COc1ccc2c(c1)C1=NN(c3ccc(Cl)cc3)C(=O)CC1CS2. The van der Waals surface area contributed by atoms with E-state index in [1.54, 1.807) is 31.0 Å². The summed E-state index contributed by atoms with van der Waals surface area (Å²) >= 11 is 7.71. The van der Waals surface area contributed by atoms with Gasteiger partial charge in [0.1, 0.15) is 5.75 Å². The first-order valence-corrected chi connectivity index (χ1v) is 9.00. The number of carbonyl (C=O) groups is 1. The van der Waals surface area contributed by atoms with Crippen molar-refractivity contribution in [2.75, 3.05) is 17.9 Å². The van der Waals surface area contributed by atoms with Crippen LogP contribution in [0.3, 0.4) is 0 Å². The van der Waals surface area contributed by atoms with Crippen LogP contribution in [0.1, 0.15) is 12.0 Å². The van der Waals surface area contributed by atoms with E-state index in [4.69, 9.17) is 16.3 Å². The summed E-state index contributed by atoms with van der Waals surface area (Å²) in [4.78, 5) is 13.7. The van der Waals surface area contributed by atoms with Crippen LogP contribution >= 0.6 is 23.4 Å². The smallest absolute Gasteiger partial charge is 0.248 e. The molecule has 1 atom stereocenters. The van der Waals surface area contributed by atoms with E-state index in [1.807, 2.05) is 24.3 Å². The Kier molecular flexibility index (Phi) is 3.98. The number of amides is 1. The molecule has 0 bridgehead atoms. The van der Waals surface area contributed by atoms with Crippen LogP contribution in [0.5, 0.6) is 5.75 Å². The number of fused-ring (bicyclic) bond motifs is 3. The van der Waals surface area contributed by atoms with Crippen molar-refractivity contribution in [3.05, 3.63) is 53.1 Å². The van der Waals surface area contributed by atoms with Crippen LogP contribution in [0, 0.1) is 5.92 Å². The van der Waals surface area contributed by atoms with Gasteiger partial charge in [0.15, 0.2) is 0 Å². The Morgan fingerprint density at radius 3 is 2.79 bits per heavy atom. The molecule has 2 aromatic carbocycles. The Hall–Kier alpha value is -1.98. The quantitative estimate of drug-likeness (QED) is 0.807. The molecule has 0 N–H and O–H groups in total.